The van der Waals surface area contributed by atoms with Gasteiger partial charge in [0.2, 0.25) is 24.4 Å². The standard InChI is InChI=1S/C32H33FN6O5/c1-42-26-14-10-23(11-15-26)31-35-37-39(36-31)19-29(40)38(18-21-7-16-27-28(17-21)44-20-43-27)30(22-8-12-24(33)13-9-22)32(41)34-25-5-3-2-4-6-25/h7-17,25,30H,2-6,18-20H2,1H3,(H,34,41). The molecule has 4 aromatic rings. The van der Waals surface area contributed by atoms with Crippen molar-refractivity contribution < 1.29 is 28.2 Å². The Bertz CT molecular complexity index is 1600. The monoisotopic (exact) mass is 600 g/mol. The quantitative estimate of drug-likeness (QED) is 0.284. The molecule has 2 heterocycles. The molecule has 6 rings (SSSR count). The molecule has 11 nitrogen and oxygen atoms in total. The first-order valence-corrected chi connectivity index (χ1v) is 14.6. The topological polar surface area (TPSA) is 121 Å². The van der Waals surface area contributed by atoms with E-state index in [0.717, 1.165) is 37.7 Å². The van der Waals surface area contributed by atoms with Crippen LogP contribution < -0.4 is 19.5 Å². The van der Waals surface area contributed by atoms with Crippen molar-refractivity contribution in [3.8, 4) is 28.6 Å². The van der Waals surface area contributed by atoms with Crippen LogP contribution in [-0.4, -0.2) is 56.9 Å². The van der Waals surface area contributed by atoms with Gasteiger partial charge in [-0.1, -0.05) is 37.5 Å². The van der Waals surface area contributed by atoms with Gasteiger partial charge in [-0.25, -0.2) is 4.39 Å². The lowest BCUT2D eigenvalue weighted by Gasteiger charge is -2.33. The second-order valence-electron chi connectivity index (χ2n) is 10.9. The van der Waals surface area contributed by atoms with E-state index < -0.39 is 17.8 Å². The van der Waals surface area contributed by atoms with Crippen LogP contribution in [0.25, 0.3) is 11.4 Å². The number of hydrogen-bond donors (Lipinski definition) is 1. The Balaban J connectivity index is 1.32. The van der Waals surface area contributed by atoms with Crippen LogP contribution in [0.4, 0.5) is 4.39 Å². The predicted octanol–water partition coefficient (Wildman–Crippen LogP) is 4.44. The summed E-state index contributed by atoms with van der Waals surface area (Å²) in [6.07, 6.45) is 4.93. The fraction of sp³-hybridized carbons (Fsp3) is 0.344. The van der Waals surface area contributed by atoms with Crippen LogP contribution in [0.5, 0.6) is 17.2 Å². The predicted molar refractivity (Wildman–Crippen MR) is 157 cm³/mol. The molecule has 1 unspecified atom stereocenters. The number of carbonyl (C=O) groups is 2. The third kappa shape index (κ3) is 6.64. The molecule has 12 heteroatoms. The molecule has 3 aromatic carbocycles. The van der Waals surface area contributed by atoms with Gasteiger partial charge in [-0.3, -0.25) is 9.59 Å². The molecule has 2 amide bonds. The van der Waals surface area contributed by atoms with Crippen LogP contribution >= 0.6 is 0 Å². The van der Waals surface area contributed by atoms with Gasteiger partial charge in [0.05, 0.1) is 7.11 Å². The van der Waals surface area contributed by atoms with E-state index in [4.69, 9.17) is 14.2 Å². The Morgan fingerprint density at radius 1 is 1.02 bits per heavy atom. The number of amides is 2. The lowest BCUT2D eigenvalue weighted by Crippen LogP contribution is -2.47. The summed E-state index contributed by atoms with van der Waals surface area (Å²) in [5.41, 5.74) is 1.92. The fourth-order valence-electron chi connectivity index (χ4n) is 5.58. The smallest absolute Gasteiger partial charge is 0.247 e. The molecule has 0 radical (unpaired) electrons. The van der Waals surface area contributed by atoms with Crippen LogP contribution in [0, 0.1) is 5.82 Å². The molecule has 228 valence electrons. The Hall–Kier alpha value is -5.00. The zero-order chi connectivity index (χ0) is 30.5. The fourth-order valence-corrected chi connectivity index (χ4v) is 5.58. The molecule has 0 spiro atoms. The molecule has 44 heavy (non-hydrogen) atoms. The zero-order valence-electron chi connectivity index (χ0n) is 24.3. The third-order valence-corrected chi connectivity index (χ3v) is 7.89. The first-order chi connectivity index (χ1) is 21.5. The summed E-state index contributed by atoms with van der Waals surface area (Å²) in [4.78, 5) is 30.8. The van der Waals surface area contributed by atoms with Gasteiger partial charge in [-0.2, -0.15) is 4.80 Å². The van der Waals surface area contributed by atoms with E-state index in [1.165, 1.54) is 34.0 Å². The number of aromatic nitrogens is 4. The number of fused-ring (bicyclic) bond motifs is 1. The minimum absolute atomic E-state index is 0.00531. The average molecular weight is 601 g/mol. The van der Waals surface area contributed by atoms with Gasteiger partial charge in [0.1, 0.15) is 24.2 Å². The van der Waals surface area contributed by atoms with E-state index in [9.17, 15) is 14.0 Å². The highest BCUT2D eigenvalue weighted by molar-refractivity contribution is 5.89. The maximum absolute atomic E-state index is 14.1. The van der Waals surface area contributed by atoms with Crippen LogP contribution in [0.15, 0.2) is 66.7 Å². The highest BCUT2D eigenvalue weighted by Gasteiger charge is 2.34. The molecular formula is C32H33FN6O5. The minimum atomic E-state index is -1.04. The Kier molecular flexibility index (Phi) is 8.67. The van der Waals surface area contributed by atoms with Crippen molar-refractivity contribution in [1.29, 1.82) is 0 Å². The molecule has 1 N–H and O–H groups in total. The van der Waals surface area contributed by atoms with Crippen LogP contribution in [0.3, 0.4) is 0 Å². The van der Waals surface area contributed by atoms with Gasteiger partial charge in [0.15, 0.2) is 11.5 Å². The molecule has 2 aliphatic rings. The van der Waals surface area contributed by atoms with Gasteiger partial charge >= 0.3 is 0 Å². The summed E-state index contributed by atoms with van der Waals surface area (Å²) >= 11 is 0. The van der Waals surface area contributed by atoms with E-state index in [-0.39, 0.29) is 31.8 Å². The summed E-state index contributed by atoms with van der Waals surface area (Å²) in [6.45, 7) is -0.102. The maximum Gasteiger partial charge on any atom is 0.247 e. The number of halogens is 1. The number of nitrogens with zero attached hydrogens (tertiary/aromatic N) is 5. The second kappa shape index (κ2) is 13.1. The zero-order valence-corrected chi connectivity index (χ0v) is 24.3. The molecule has 1 saturated carbocycles. The number of hydrogen-bond acceptors (Lipinski definition) is 8. The molecule has 1 atom stereocenters. The van der Waals surface area contributed by atoms with Crippen LogP contribution in [0.1, 0.15) is 49.3 Å². The second-order valence-corrected chi connectivity index (χ2v) is 10.9. The van der Waals surface area contributed by atoms with Crippen molar-refractivity contribution in [2.75, 3.05) is 13.9 Å². The molecule has 1 aromatic heterocycles. The van der Waals surface area contributed by atoms with Crippen molar-refractivity contribution in [3.05, 3.63) is 83.7 Å². The van der Waals surface area contributed by atoms with Crippen molar-refractivity contribution in [2.45, 2.75) is 57.3 Å². The number of tetrazole rings is 1. The summed E-state index contributed by atoms with van der Waals surface area (Å²) in [6, 6.07) is 17.2. The number of carbonyl (C=O) groups excluding carboxylic acids is 2. The van der Waals surface area contributed by atoms with Crippen LogP contribution in [-0.2, 0) is 22.7 Å². The Morgan fingerprint density at radius 3 is 2.52 bits per heavy atom. The summed E-state index contributed by atoms with van der Waals surface area (Å²) < 4.78 is 30.2. The third-order valence-electron chi connectivity index (χ3n) is 7.89. The van der Waals surface area contributed by atoms with Gasteiger partial charge in [-0.15, -0.1) is 10.2 Å². The van der Waals surface area contributed by atoms with Crippen molar-refractivity contribution in [3.63, 3.8) is 0 Å². The number of ether oxygens (including phenoxy) is 3. The summed E-state index contributed by atoms with van der Waals surface area (Å²) in [5.74, 6) is 1.00. The lowest BCUT2D eigenvalue weighted by molar-refractivity contribution is -0.142. The molecule has 0 bridgehead atoms. The summed E-state index contributed by atoms with van der Waals surface area (Å²) in [5, 5.41) is 15.8. The molecule has 1 fully saturated rings. The Labute approximate surface area is 253 Å². The SMILES string of the molecule is COc1ccc(-c2nnn(CC(=O)N(Cc3ccc4c(c3)OCO4)C(C(=O)NC3CCCCC3)c3ccc(F)cc3)n2)cc1. The molecule has 1 aliphatic carbocycles. The lowest BCUT2D eigenvalue weighted by atomic mass is 9.94. The van der Waals surface area contributed by atoms with Crippen molar-refractivity contribution in [1.82, 2.24) is 30.4 Å². The van der Waals surface area contributed by atoms with Gasteiger partial charge in [0, 0.05) is 18.2 Å². The van der Waals surface area contributed by atoms with E-state index in [2.05, 4.69) is 20.7 Å². The minimum Gasteiger partial charge on any atom is -0.497 e. The van der Waals surface area contributed by atoms with E-state index >= 15 is 0 Å². The van der Waals surface area contributed by atoms with Crippen LogP contribution in [0.2, 0.25) is 0 Å². The van der Waals surface area contributed by atoms with Gasteiger partial charge in [0.25, 0.3) is 0 Å². The highest BCUT2D eigenvalue weighted by Crippen LogP contribution is 2.34. The Morgan fingerprint density at radius 2 is 1.77 bits per heavy atom. The molecule has 0 saturated heterocycles. The average Bonchev–Trinajstić information content (AvgIpc) is 3.72. The maximum atomic E-state index is 14.1. The van der Waals surface area contributed by atoms with Gasteiger partial charge < -0.3 is 24.4 Å². The number of rotatable bonds is 10. The van der Waals surface area contributed by atoms with Crippen molar-refractivity contribution in [2.24, 2.45) is 0 Å². The highest BCUT2D eigenvalue weighted by atomic mass is 19.1. The van der Waals surface area contributed by atoms with Gasteiger partial charge in [-0.05, 0) is 77.7 Å². The normalized spacial score (nSPS) is 15.0. The van der Waals surface area contributed by atoms with E-state index in [0.29, 0.717) is 34.2 Å². The largest absolute Gasteiger partial charge is 0.497 e. The number of methoxy groups -OCH3 is 1. The first-order valence-electron chi connectivity index (χ1n) is 14.6. The van der Waals surface area contributed by atoms with E-state index in [1.54, 1.807) is 43.5 Å². The first kappa shape index (κ1) is 29.1. The number of nitrogens with one attached hydrogen (secondary N) is 1. The summed E-state index contributed by atoms with van der Waals surface area (Å²) in [7, 11) is 1.58. The molecule has 1 aliphatic heterocycles. The number of benzene rings is 3. The van der Waals surface area contributed by atoms with E-state index in [1.807, 2.05) is 6.07 Å². The van der Waals surface area contributed by atoms with Crippen molar-refractivity contribution >= 4 is 11.8 Å². The molecular weight excluding hydrogens is 567 g/mol.